The number of alkyl halides is 2. The Kier molecular flexibility index (Phi) is 11.8. The molecule has 6 rings (SSSR count). The standard InChI is InChI=1S/C40H48F2N8O6/c1-22(2)33(47-38(53)55-5)37(52)49-17-7-8-32(49)35-44-21-31(46-35)27-15-11-25(12-16-27)24-9-13-26(14-10-24)30-20-43-34(45-30)28-18-40(41,42)19-29(28)36(51)50(23(3)4)48-39(54)56-6/h9-16,20-23,28-29,32-33H,7-8,17-19H2,1-6H3,(H,43,45)(H,44,46)(H,47,53)(H,48,54)/t28-,29+,32-,33?/m0/s1. The molecule has 0 radical (unpaired) electrons. The van der Waals surface area contributed by atoms with Crippen molar-refractivity contribution in [3.63, 3.8) is 0 Å². The monoisotopic (exact) mass is 774 g/mol. The molecule has 4 amide bonds. The number of hydrogen-bond donors (Lipinski definition) is 4. The maximum atomic E-state index is 14.8. The van der Waals surface area contributed by atoms with Gasteiger partial charge in [-0.1, -0.05) is 62.4 Å². The van der Waals surface area contributed by atoms with E-state index in [0.29, 0.717) is 18.1 Å². The number of likely N-dealkylation sites (tertiary alicyclic amines) is 1. The summed E-state index contributed by atoms with van der Waals surface area (Å²) in [6, 6.07) is 14.3. The lowest BCUT2D eigenvalue weighted by atomic mass is 9.94. The second-order valence-electron chi connectivity index (χ2n) is 14.9. The first kappa shape index (κ1) is 39.9. The molecule has 14 nitrogen and oxygen atoms in total. The van der Waals surface area contributed by atoms with Crippen molar-refractivity contribution in [2.24, 2.45) is 11.8 Å². The van der Waals surface area contributed by atoms with Crippen LogP contribution in [-0.2, 0) is 19.1 Å². The summed E-state index contributed by atoms with van der Waals surface area (Å²) in [7, 11) is 2.43. The lowest BCUT2D eigenvalue weighted by Gasteiger charge is -2.30. The van der Waals surface area contributed by atoms with E-state index in [1.807, 2.05) is 62.4 Å². The van der Waals surface area contributed by atoms with Gasteiger partial charge in [0.15, 0.2) is 0 Å². The lowest BCUT2D eigenvalue weighted by Crippen LogP contribution is -2.52. The van der Waals surface area contributed by atoms with E-state index in [0.717, 1.165) is 52.9 Å². The van der Waals surface area contributed by atoms with Gasteiger partial charge in [-0.25, -0.2) is 38.8 Å². The molecule has 3 heterocycles. The van der Waals surface area contributed by atoms with Crippen molar-refractivity contribution in [3.05, 3.63) is 72.6 Å². The largest absolute Gasteiger partial charge is 0.453 e. The van der Waals surface area contributed by atoms with Gasteiger partial charge in [0.05, 0.1) is 50.0 Å². The Bertz CT molecular complexity index is 2030. The van der Waals surface area contributed by atoms with Gasteiger partial charge >= 0.3 is 12.2 Å². The smallest absolute Gasteiger partial charge is 0.425 e. The third-order valence-electron chi connectivity index (χ3n) is 10.5. The second kappa shape index (κ2) is 16.5. The number of hydrogen-bond acceptors (Lipinski definition) is 8. The highest BCUT2D eigenvalue weighted by atomic mass is 19.3. The van der Waals surface area contributed by atoms with Crippen molar-refractivity contribution in [2.45, 2.75) is 83.3 Å². The second-order valence-corrected chi connectivity index (χ2v) is 14.9. The fourth-order valence-corrected chi connectivity index (χ4v) is 7.52. The van der Waals surface area contributed by atoms with E-state index >= 15 is 0 Å². The van der Waals surface area contributed by atoms with Crippen LogP contribution in [0.25, 0.3) is 33.6 Å². The Labute approximate surface area is 323 Å². The van der Waals surface area contributed by atoms with Crippen LogP contribution in [0.1, 0.15) is 77.0 Å². The Morgan fingerprint density at radius 1 is 0.821 bits per heavy atom. The van der Waals surface area contributed by atoms with Crippen molar-refractivity contribution >= 4 is 24.0 Å². The van der Waals surface area contributed by atoms with Crippen molar-refractivity contribution in [1.82, 2.24) is 40.6 Å². The Morgan fingerprint density at radius 2 is 1.36 bits per heavy atom. The summed E-state index contributed by atoms with van der Waals surface area (Å²) in [6.45, 7) is 7.66. The molecule has 2 aromatic carbocycles. The minimum atomic E-state index is -3.08. The van der Waals surface area contributed by atoms with Crippen LogP contribution in [-0.4, -0.2) is 92.6 Å². The fourth-order valence-electron chi connectivity index (χ4n) is 7.52. The molecular formula is C40H48F2N8O6. The number of ether oxygens (including phenoxy) is 2. The molecule has 1 aliphatic carbocycles. The van der Waals surface area contributed by atoms with Crippen molar-refractivity contribution in [3.8, 4) is 33.6 Å². The summed E-state index contributed by atoms with van der Waals surface area (Å²) >= 11 is 0. The third kappa shape index (κ3) is 8.53. The molecule has 4 atom stereocenters. The molecule has 4 N–H and O–H groups in total. The number of nitrogens with one attached hydrogen (secondary N) is 4. The Hall–Kier alpha value is -5.80. The minimum absolute atomic E-state index is 0.129. The zero-order chi connectivity index (χ0) is 40.3. The molecule has 0 bridgehead atoms. The number of aromatic amines is 2. The summed E-state index contributed by atoms with van der Waals surface area (Å²) in [5.74, 6) is -5.04. The molecule has 1 aliphatic heterocycles. The maximum absolute atomic E-state index is 14.8. The number of H-pyrrole nitrogens is 2. The van der Waals surface area contributed by atoms with Crippen LogP contribution in [0.2, 0.25) is 0 Å². The van der Waals surface area contributed by atoms with Crippen LogP contribution in [0.3, 0.4) is 0 Å². The van der Waals surface area contributed by atoms with Gasteiger partial charge in [-0.05, 0) is 54.9 Å². The molecule has 0 spiro atoms. The number of imidazole rings is 2. The van der Waals surface area contributed by atoms with E-state index in [1.165, 1.54) is 7.11 Å². The predicted octanol–water partition coefficient (Wildman–Crippen LogP) is 6.81. The number of carbonyl (C=O) groups is 4. The normalized spacial score (nSPS) is 19.5. The molecule has 56 heavy (non-hydrogen) atoms. The van der Waals surface area contributed by atoms with Crippen molar-refractivity contribution < 1.29 is 37.4 Å². The number of carbonyl (C=O) groups excluding carboxylic acids is 4. The molecule has 2 fully saturated rings. The van der Waals surface area contributed by atoms with Gasteiger partial charge in [0.25, 0.3) is 0 Å². The summed E-state index contributed by atoms with van der Waals surface area (Å²) in [5.41, 5.74) is 7.42. The molecule has 1 saturated heterocycles. The molecule has 2 aromatic heterocycles. The van der Waals surface area contributed by atoms with Crippen LogP contribution >= 0.6 is 0 Å². The summed E-state index contributed by atoms with van der Waals surface area (Å²) in [4.78, 5) is 68.2. The van der Waals surface area contributed by atoms with Crippen LogP contribution in [0.5, 0.6) is 0 Å². The van der Waals surface area contributed by atoms with E-state index < -0.39 is 60.8 Å². The first-order chi connectivity index (χ1) is 26.7. The molecule has 16 heteroatoms. The summed E-state index contributed by atoms with van der Waals surface area (Å²) in [5, 5.41) is 3.71. The molecule has 4 aromatic rings. The quantitative estimate of drug-likeness (QED) is 0.127. The summed E-state index contributed by atoms with van der Waals surface area (Å²) < 4.78 is 38.9. The number of hydrazine groups is 1. The van der Waals surface area contributed by atoms with Crippen LogP contribution in [0.4, 0.5) is 18.4 Å². The highest BCUT2D eigenvalue weighted by molar-refractivity contribution is 5.86. The third-order valence-corrected chi connectivity index (χ3v) is 10.5. The Morgan fingerprint density at radius 3 is 1.89 bits per heavy atom. The molecule has 298 valence electrons. The van der Waals surface area contributed by atoms with Gasteiger partial charge in [-0.3, -0.25) is 9.59 Å². The van der Waals surface area contributed by atoms with Gasteiger partial charge < -0.3 is 29.7 Å². The van der Waals surface area contributed by atoms with E-state index in [4.69, 9.17) is 4.74 Å². The first-order valence-electron chi connectivity index (χ1n) is 18.7. The first-order valence-corrected chi connectivity index (χ1v) is 18.7. The predicted molar refractivity (Wildman–Crippen MR) is 203 cm³/mol. The highest BCUT2D eigenvalue weighted by Gasteiger charge is 2.52. The Balaban J connectivity index is 1.13. The number of rotatable bonds is 10. The van der Waals surface area contributed by atoms with E-state index in [1.54, 1.807) is 31.1 Å². The zero-order valence-electron chi connectivity index (χ0n) is 32.3. The van der Waals surface area contributed by atoms with Crippen LogP contribution in [0, 0.1) is 11.8 Å². The number of alkyl carbamates (subject to hydrolysis) is 1. The molecular weight excluding hydrogens is 726 g/mol. The van der Waals surface area contributed by atoms with Gasteiger partial charge in [0.2, 0.25) is 17.7 Å². The zero-order valence-corrected chi connectivity index (χ0v) is 32.3. The fraction of sp³-hybridized carbons (Fsp3) is 0.450. The van der Waals surface area contributed by atoms with E-state index in [9.17, 15) is 28.0 Å². The van der Waals surface area contributed by atoms with Gasteiger partial charge in [-0.2, -0.15) is 0 Å². The maximum Gasteiger partial charge on any atom is 0.425 e. The summed E-state index contributed by atoms with van der Waals surface area (Å²) in [6.07, 6.45) is 2.18. The van der Waals surface area contributed by atoms with Crippen molar-refractivity contribution in [1.29, 1.82) is 0 Å². The number of aromatic nitrogens is 4. The van der Waals surface area contributed by atoms with E-state index in [-0.39, 0.29) is 23.7 Å². The van der Waals surface area contributed by atoms with Gasteiger partial charge in [-0.15, -0.1) is 0 Å². The van der Waals surface area contributed by atoms with Crippen LogP contribution in [0.15, 0.2) is 60.9 Å². The van der Waals surface area contributed by atoms with Crippen molar-refractivity contribution in [2.75, 3.05) is 20.8 Å². The average Bonchev–Trinajstić information content (AvgIpc) is 4.01. The number of amides is 4. The average molecular weight is 775 g/mol. The van der Waals surface area contributed by atoms with E-state index in [2.05, 4.69) is 35.4 Å². The van der Waals surface area contributed by atoms with Gasteiger partial charge in [0.1, 0.15) is 17.7 Å². The van der Waals surface area contributed by atoms with Gasteiger partial charge in [0, 0.05) is 31.3 Å². The van der Waals surface area contributed by atoms with Crippen LogP contribution < -0.4 is 10.7 Å². The number of nitrogens with zero attached hydrogens (tertiary/aromatic N) is 4. The topological polar surface area (TPSA) is 175 Å². The molecule has 2 aliphatic rings. The molecule has 1 unspecified atom stereocenters. The lowest BCUT2D eigenvalue weighted by molar-refractivity contribution is -0.141. The highest BCUT2D eigenvalue weighted by Crippen LogP contribution is 2.48. The molecule has 1 saturated carbocycles. The number of methoxy groups -OCH3 is 2. The number of halogens is 2. The SMILES string of the molecule is COC(=O)NC(C(=O)N1CCC[C@H]1c1ncc(-c2ccc(-c3ccc(-c4cnc([C@H]5CC(F)(F)C[C@H]5C(=O)N(NC(=O)OC)C(C)C)[nH]4)cc3)cc2)[nH]1)C(C)C. The number of benzene rings is 2. The minimum Gasteiger partial charge on any atom is -0.453 e.